The third-order valence-corrected chi connectivity index (χ3v) is 4.30. The first-order chi connectivity index (χ1) is 11.6. The van der Waals surface area contributed by atoms with Crippen LogP contribution in [0.5, 0.6) is 0 Å². The Morgan fingerprint density at radius 2 is 2.25 bits per heavy atom. The van der Waals surface area contributed by atoms with Gasteiger partial charge in [0.25, 0.3) is 0 Å². The van der Waals surface area contributed by atoms with Crippen molar-refractivity contribution >= 4 is 17.8 Å². The van der Waals surface area contributed by atoms with E-state index in [1.165, 1.54) is 0 Å². The smallest absolute Gasteiger partial charge is 0.150 e. The van der Waals surface area contributed by atoms with E-state index in [4.69, 9.17) is 4.99 Å². The van der Waals surface area contributed by atoms with Gasteiger partial charge in [-0.1, -0.05) is 18.2 Å². The quantitative estimate of drug-likeness (QED) is 0.878. The molecule has 0 saturated heterocycles. The monoisotopic (exact) mass is 325 g/mol. The fourth-order valence-corrected chi connectivity index (χ4v) is 3.05. The first kappa shape index (κ1) is 16.4. The molecule has 0 radical (unpaired) electrons. The SMILES string of the molecule is CCn1cc(NC2=NC(c3cccc(C)c3C=O)CN(C)C2)cn1. The minimum Gasteiger partial charge on any atom is -0.340 e. The van der Waals surface area contributed by atoms with Crippen LogP contribution in [0.1, 0.15) is 34.5 Å². The van der Waals surface area contributed by atoms with Crippen LogP contribution in [-0.2, 0) is 6.54 Å². The molecule has 1 aliphatic heterocycles. The second kappa shape index (κ2) is 6.97. The van der Waals surface area contributed by atoms with Crippen molar-refractivity contribution in [3.63, 3.8) is 0 Å². The number of carbonyl (C=O) groups excluding carboxylic acids is 1. The number of aldehydes is 1. The molecule has 0 fully saturated rings. The molecule has 0 spiro atoms. The number of aliphatic imine (C=N–C) groups is 1. The zero-order chi connectivity index (χ0) is 17.1. The summed E-state index contributed by atoms with van der Waals surface area (Å²) in [6.07, 6.45) is 4.71. The maximum Gasteiger partial charge on any atom is 0.150 e. The Morgan fingerprint density at radius 1 is 1.42 bits per heavy atom. The number of nitrogens with one attached hydrogen (secondary N) is 1. The first-order valence-corrected chi connectivity index (χ1v) is 8.20. The Bertz CT molecular complexity index is 765. The van der Waals surface area contributed by atoms with Crippen molar-refractivity contribution in [1.82, 2.24) is 14.7 Å². The van der Waals surface area contributed by atoms with Crippen molar-refractivity contribution in [2.75, 3.05) is 25.5 Å². The number of benzene rings is 1. The van der Waals surface area contributed by atoms with Gasteiger partial charge in [-0.15, -0.1) is 0 Å². The van der Waals surface area contributed by atoms with Crippen molar-refractivity contribution in [2.45, 2.75) is 26.4 Å². The fraction of sp³-hybridized carbons (Fsp3) is 0.389. The molecule has 24 heavy (non-hydrogen) atoms. The van der Waals surface area contributed by atoms with Crippen molar-refractivity contribution < 1.29 is 4.79 Å². The molecule has 3 rings (SSSR count). The van der Waals surface area contributed by atoms with Gasteiger partial charge in [-0.3, -0.25) is 19.4 Å². The van der Waals surface area contributed by atoms with E-state index in [0.717, 1.165) is 54.1 Å². The summed E-state index contributed by atoms with van der Waals surface area (Å²) in [5.74, 6) is 0.891. The topological polar surface area (TPSA) is 62.5 Å². The van der Waals surface area contributed by atoms with Gasteiger partial charge >= 0.3 is 0 Å². The normalized spacial score (nSPS) is 18.3. The Hall–Kier alpha value is -2.47. The Balaban J connectivity index is 1.88. The summed E-state index contributed by atoms with van der Waals surface area (Å²) in [6.45, 7) is 6.39. The average Bonchev–Trinajstić information content (AvgIpc) is 3.01. The van der Waals surface area contributed by atoms with Gasteiger partial charge in [0.05, 0.1) is 24.5 Å². The molecule has 0 bridgehead atoms. The highest BCUT2D eigenvalue weighted by molar-refractivity contribution is 5.97. The molecule has 6 heteroatoms. The van der Waals surface area contributed by atoms with Crippen molar-refractivity contribution in [3.05, 3.63) is 47.3 Å². The first-order valence-electron chi connectivity index (χ1n) is 8.20. The highest BCUT2D eigenvalue weighted by Crippen LogP contribution is 2.26. The number of aromatic nitrogens is 2. The maximum atomic E-state index is 11.5. The van der Waals surface area contributed by atoms with Crippen LogP contribution in [0.3, 0.4) is 0 Å². The molecule has 1 aromatic heterocycles. The van der Waals surface area contributed by atoms with E-state index < -0.39 is 0 Å². The number of anilines is 1. The van der Waals surface area contributed by atoms with Gasteiger partial charge in [0.15, 0.2) is 6.29 Å². The standard InChI is InChI=1S/C18H23N5O/c1-4-23-9-14(8-19-23)20-18-11-22(3)10-17(21-18)15-7-5-6-13(2)16(15)12-24/h5-9,12,17H,4,10-11H2,1-3H3,(H,20,21). The molecule has 1 atom stereocenters. The molecule has 0 aliphatic carbocycles. The van der Waals surface area contributed by atoms with Gasteiger partial charge < -0.3 is 5.32 Å². The number of likely N-dealkylation sites (N-methyl/N-ethyl adjacent to an activating group) is 1. The van der Waals surface area contributed by atoms with E-state index in [1.807, 2.05) is 36.0 Å². The third kappa shape index (κ3) is 3.38. The van der Waals surface area contributed by atoms with Crippen molar-refractivity contribution in [2.24, 2.45) is 4.99 Å². The molecule has 0 saturated carbocycles. The molecule has 1 aliphatic rings. The Labute approximate surface area is 142 Å². The minimum atomic E-state index is -0.0485. The molecule has 1 aromatic carbocycles. The average molecular weight is 325 g/mol. The predicted octanol–water partition coefficient (Wildman–Crippen LogP) is 2.52. The lowest BCUT2D eigenvalue weighted by molar-refractivity contribution is 0.112. The summed E-state index contributed by atoms with van der Waals surface area (Å²) in [5.41, 5.74) is 3.66. The summed E-state index contributed by atoms with van der Waals surface area (Å²) in [4.78, 5) is 18.6. The molecular formula is C18H23N5O. The lowest BCUT2D eigenvalue weighted by Gasteiger charge is -2.29. The molecule has 2 aromatic rings. The van der Waals surface area contributed by atoms with Crippen LogP contribution in [0, 0.1) is 6.92 Å². The summed E-state index contributed by atoms with van der Waals surface area (Å²) in [5, 5.41) is 7.63. The van der Waals surface area contributed by atoms with E-state index >= 15 is 0 Å². The van der Waals surface area contributed by atoms with E-state index in [2.05, 4.69) is 29.3 Å². The van der Waals surface area contributed by atoms with E-state index in [-0.39, 0.29) is 6.04 Å². The van der Waals surface area contributed by atoms with Crippen LogP contribution in [-0.4, -0.2) is 46.9 Å². The van der Waals surface area contributed by atoms with Crippen LogP contribution in [0.4, 0.5) is 5.69 Å². The minimum absolute atomic E-state index is 0.0485. The second-order valence-corrected chi connectivity index (χ2v) is 6.19. The number of rotatable bonds is 4. The number of hydrogen-bond donors (Lipinski definition) is 1. The molecule has 1 unspecified atom stereocenters. The molecule has 6 nitrogen and oxygen atoms in total. The van der Waals surface area contributed by atoms with Gasteiger partial charge in [-0.05, 0) is 32.0 Å². The summed E-state index contributed by atoms with van der Waals surface area (Å²) >= 11 is 0. The van der Waals surface area contributed by atoms with Gasteiger partial charge in [0, 0.05) is 24.8 Å². The predicted molar refractivity (Wildman–Crippen MR) is 95.8 cm³/mol. The molecule has 0 amide bonds. The number of aryl methyl sites for hydroxylation is 2. The second-order valence-electron chi connectivity index (χ2n) is 6.19. The lowest BCUT2D eigenvalue weighted by Crippen LogP contribution is -2.38. The Morgan fingerprint density at radius 3 is 2.96 bits per heavy atom. The lowest BCUT2D eigenvalue weighted by atomic mass is 9.96. The molecular weight excluding hydrogens is 302 g/mol. The van der Waals surface area contributed by atoms with Gasteiger partial charge in [0.1, 0.15) is 5.84 Å². The number of nitrogens with zero attached hydrogens (tertiary/aromatic N) is 4. The van der Waals surface area contributed by atoms with Gasteiger partial charge in [0.2, 0.25) is 0 Å². The van der Waals surface area contributed by atoms with Gasteiger partial charge in [-0.25, -0.2) is 0 Å². The third-order valence-electron chi connectivity index (χ3n) is 4.30. The highest BCUT2D eigenvalue weighted by Gasteiger charge is 2.23. The molecule has 2 heterocycles. The summed E-state index contributed by atoms with van der Waals surface area (Å²) in [7, 11) is 2.06. The summed E-state index contributed by atoms with van der Waals surface area (Å²) in [6, 6.07) is 5.89. The highest BCUT2D eigenvalue weighted by atomic mass is 16.1. The Kier molecular flexibility index (Phi) is 4.76. The number of hydrogen-bond acceptors (Lipinski definition) is 5. The largest absolute Gasteiger partial charge is 0.340 e. The summed E-state index contributed by atoms with van der Waals surface area (Å²) < 4.78 is 1.87. The van der Waals surface area contributed by atoms with Crippen LogP contribution < -0.4 is 5.32 Å². The van der Waals surface area contributed by atoms with Crippen molar-refractivity contribution in [1.29, 1.82) is 0 Å². The van der Waals surface area contributed by atoms with Gasteiger partial charge in [-0.2, -0.15) is 5.10 Å². The van der Waals surface area contributed by atoms with E-state index in [9.17, 15) is 4.79 Å². The van der Waals surface area contributed by atoms with E-state index in [1.54, 1.807) is 6.20 Å². The fourth-order valence-electron chi connectivity index (χ4n) is 3.05. The van der Waals surface area contributed by atoms with Crippen LogP contribution in [0.25, 0.3) is 0 Å². The molecule has 1 N–H and O–H groups in total. The number of carbonyl (C=O) groups is 1. The zero-order valence-electron chi connectivity index (χ0n) is 14.4. The molecule has 126 valence electrons. The van der Waals surface area contributed by atoms with Crippen molar-refractivity contribution in [3.8, 4) is 0 Å². The van der Waals surface area contributed by atoms with Crippen LogP contribution in [0.2, 0.25) is 0 Å². The zero-order valence-corrected chi connectivity index (χ0v) is 14.4. The maximum absolute atomic E-state index is 11.5. The number of amidine groups is 1. The van der Waals surface area contributed by atoms with Crippen LogP contribution >= 0.6 is 0 Å². The van der Waals surface area contributed by atoms with E-state index in [0.29, 0.717) is 0 Å². The van der Waals surface area contributed by atoms with Crippen LogP contribution in [0.15, 0.2) is 35.6 Å².